The summed E-state index contributed by atoms with van der Waals surface area (Å²) in [7, 11) is 0. The van der Waals surface area contributed by atoms with E-state index in [1.54, 1.807) is 13.8 Å². The highest BCUT2D eigenvalue weighted by Gasteiger charge is 2.15. The second-order valence-electron chi connectivity index (χ2n) is 3.25. The summed E-state index contributed by atoms with van der Waals surface area (Å²) in [6.45, 7) is 3.50. The first-order valence-corrected chi connectivity index (χ1v) is 4.48. The van der Waals surface area contributed by atoms with E-state index in [1.165, 1.54) is 12.1 Å². The fraction of sp³-hybridized carbons (Fsp3) is 0.400. The quantitative estimate of drug-likeness (QED) is 0.750. The van der Waals surface area contributed by atoms with Crippen LogP contribution in [0.1, 0.15) is 35.0 Å². The maximum atomic E-state index is 11.4. The van der Waals surface area contributed by atoms with Crippen molar-refractivity contribution in [1.82, 2.24) is 0 Å². The van der Waals surface area contributed by atoms with Crippen LogP contribution in [0.25, 0.3) is 0 Å². The van der Waals surface area contributed by atoms with E-state index in [1.807, 2.05) is 0 Å². The molecule has 0 radical (unpaired) electrons. The summed E-state index contributed by atoms with van der Waals surface area (Å²) < 4.78 is 9.88. The van der Waals surface area contributed by atoms with Gasteiger partial charge in [0.2, 0.25) is 11.5 Å². The van der Waals surface area contributed by atoms with Crippen LogP contribution in [-0.4, -0.2) is 29.6 Å². The van der Waals surface area contributed by atoms with Crippen LogP contribution >= 0.6 is 0 Å². The largest absolute Gasteiger partial charge is 0.475 e. The molecule has 1 N–H and O–H groups in total. The lowest BCUT2D eigenvalue weighted by Crippen LogP contribution is -2.12. The molecular formula is C10H12O5. The van der Waals surface area contributed by atoms with E-state index in [2.05, 4.69) is 0 Å². The van der Waals surface area contributed by atoms with Crippen molar-refractivity contribution in [2.45, 2.75) is 20.0 Å². The second-order valence-corrected chi connectivity index (χ2v) is 3.25. The third-order valence-corrected chi connectivity index (χ3v) is 1.64. The highest BCUT2D eigenvalue weighted by atomic mass is 16.5. The number of furan rings is 1. The molecule has 0 unspecified atom stereocenters. The normalized spacial score (nSPS) is 10.6. The standard InChI is InChI=1S/C10H12O5/c1-6(2)14-5-7(11)8-3-4-9(15-8)10(12)13/h3-4,6H,5H2,1-2H3,(H,12,13). The average molecular weight is 212 g/mol. The summed E-state index contributed by atoms with van der Waals surface area (Å²) in [6.07, 6.45) is -0.0529. The Balaban J connectivity index is 2.62. The van der Waals surface area contributed by atoms with Gasteiger partial charge in [-0.3, -0.25) is 4.79 Å². The molecule has 0 amide bonds. The number of carbonyl (C=O) groups excluding carboxylic acids is 1. The molecule has 0 fully saturated rings. The van der Waals surface area contributed by atoms with Crippen LogP contribution in [0.5, 0.6) is 0 Å². The molecule has 0 aliphatic carbocycles. The number of ketones is 1. The zero-order valence-corrected chi connectivity index (χ0v) is 8.52. The van der Waals surface area contributed by atoms with Gasteiger partial charge < -0.3 is 14.3 Å². The van der Waals surface area contributed by atoms with Gasteiger partial charge in [0.25, 0.3) is 0 Å². The van der Waals surface area contributed by atoms with Crippen LogP contribution < -0.4 is 0 Å². The van der Waals surface area contributed by atoms with Crippen molar-refractivity contribution in [2.24, 2.45) is 0 Å². The van der Waals surface area contributed by atoms with Crippen LogP contribution in [0.15, 0.2) is 16.5 Å². The minimum Gasteiger partial charge on any atom is -0.475 e. The highest BCUT2D eigenvalue weighted by Crippen LogP contribution is 2.09. The summed E-state index contributed by atoms with van der Waals surface area (Å²) in [6, 6.07) is 2.57. The van der Waals surface area contributed by atoms with E-state index >= 15 is 0 Å². The molecule has 0 atom stereocenters. The maximum Gasteiger partial charge on any atom is 0.371 e. The van der Waals surface area contributed by atoms with Crippen LogP contribution in [0.2, 0.25) is 0 Å². The van der Waals surface area contributed by atoms with Gasteiger partial charge in [-0.25, -0.2) is 4.79 Å². The molecule has 0 aromatic carbocycles. The minimum absolute atomic E-state index is 0.00745. The molecule has 1 aromatic heterocycles. The van der Waals surface area contributed by atoms with E-state index in [4.69, 9.17) is 14.3 Å². The molecule has 1 heterocycles. The van der Waals surface area contributed by atoms with E-state index in [0.717, 1.165) is 0 Å². The van der Waals surface area contributed by atoms with Gasteiger partial charge in [-0.05, 0) is 26.0 Å². The topological polar surface area (TPSA) is 76.7 Å². The summed E-state index contributed by atoms with van der Waals surface area (Å²) in [4.78, 5) is 21.8. The highest BCUT2D eigenvalue weighted by molar-refractivity contribution is 5.95. The lowest BCUT2D eigenvalue weighted by Gasteiger charge is -2.04. The van der Waals surface area contributed by atoms with Crippen molar-refractivity contribution < 1.29 is 23.8 Å². The number of rotatable bonds is 5. The van der Waals surface area contributed by atoms with Crippen LogP contribution in [0.3, 0.4) is 0 Å². The molecule has 0 bridgehead atoms. The van der Waals surface area contributed by atoms with Gasteiger partial charge in [0.05, 0.1) is 6.10 Å². The Hall–Kier alpha value is -1.62. The Morgan fingerprint density at radius 3 is 2.47 bits per heavy atom. The van der Waals surface area contributed by atoms with Crippen molar-refractivity contribution in [2.75, 3.05) is 6.61 Å². The van der Waals surface area contributed by atoms with E-state index in [-0.39, 0.29) is 30.0 Å². The molecule has 0 saturated heterocycles. The summed E-state index contributed by atoms with van der Waals surface area (Å²) >= 11 is 0. The van der Waals surface area contributed by atoms with Crippen molar-refractivity contribution in [3.63, 3.8) is 0 Å². The predicted octanol–water partition coefficient (Wildman–Crippen LogP) is 1.59. The van der Waals surface area contributed by atoms with Crippen molar-refractivity contribution in [3.05, 3.63) is 23.7 Å². The van der Waals surface area contributed by atoms with Crippen molar-refractivity contribution in [3.8, 4) is 0 Å². The number of ether oxygens (including phenoxy) is 1. The van der Waals surface area contributed by atoms with Gasteiger partial charge in [0.1, 0.15) is 6.61 Å². The molecule has 1 rings (SSSR count). The average Bonchev–Trinajstić information content (AvgIpc) is 2.62. The monoisotopic (exact) mass is 212 g/mol. The van der Waals surface area contributed by atoms with E-state index < -0.39 is 5.97 Å². The minimum atomic E-state index is -1.20. The van der Waals surface area contributed by atoms with Gasteiger partial charge in [0.15, 0.2) is 5.76 Å². The molecule has 15 heavy (non-hydrogen) atoms. The zero-order valence-electron chi connectivity index (χ0n) is 8.52. The lowest BCUT2D eigenvalue weighted by molar-refractivity contribution is 0.0554. The Labute approximate surface area is 86.6 Å². The Morgan fingerprint density at radius 2 is 2.00 bits per heavy atom. The fourth-order valence-electron chi connectivity index (χ4n) is 0.916. The third-order valence-electron chi connectivity index (χ3n) is 1.64. The second kappa shape index (κ2) is 4.75. The van der Waals surface area contributed by atoms with E-state index in [9.17, 15) is 9.59 Å². The Kier molecular flexibility index (Phi) is 3.62. The molecule has 0 spiro atoms. The number of hydrogen-bond acceptors (Lipinski definition) is 4. The number of carbonyl (C=O) groups is 2. The molecule has 1 aromatic rings. The molecule has 5 nitrogen and oxygen atoms in total. The van der Waals surface area contributed by atoms with Crippen LogP contribution in [0.4, 0.5) is 0 Å². The first-order valence-electron chi connectivity index (χ1n) is 4.48. The van der Waals surface area contributed by atoms with Gasteiger partial charge in [-0.15, -0.1) is 0 Å². The zero-order chi connectivity index (χ0) is 11.4. The Bertz CT molecular complexity index is 364. The number of Topliss-reactive ketones (excluding diaryl/α,β-unsaturated/α-hetero) is 1. The van der Waals surface area contributed by atoms with Crippen molar-refractivity contribution in [1.29, 1.82) is 0 Å². The van der Waals surface area contributed by atoms with Crippen molar-refractivity contribution >= 4 is 11.8 Å². The number of hydrogen-bond donors (Lipinski definition) is 1. The predicted molar refractivity (Wildman–Crippen MR) is 51.1 cm³/mol. The van der Waals surface area contributed by atoms with Gasteiger partial charge in [-0.2, -0.15) is 0 Å². The number of aromatic carboxylic acids is 1. The van der Waals surface area contributed by atoms with E-state index in [0.29, 0.717) is 0 Å². The maximum absolute atomic E-state index is 11.4. The first kappa shape index (κ1) is 11.5. The summed E-state index contributed by atoms with van der Waals surface area (Å²) in [5, 5.41) is 8.56. The first-order chi connectivity index (χ1) is 7.00. The molecule has 82 valence electrons. The number of carboxylic acids is 1. The Morgan fingerprint density at radius 1 is 1.40 bits per heavy atom. The van der Waals surface area contributed by atoms with Gasteiger partial charge >= 0.3 is 5.97 Å². The molecular weight excluding hydrogens is 200 g/mol. The van der Waals surface area contributed by atoms with Gasteiger partial charge in [0, 0.05) is 0 Å². The third kappa shape index (κ3) is 3.21. The fourth-order valence-corrected chi connectivity index (χ4v) is 0.916. The molecule has 0 aliphatic heterocycles. The van der Waals surface area contributed by atoms with Gasteiger partial charge in [-0.1, -0.05) is 0 Å². The molecule has 0 aliphatic rings. The van der Waals surface area contributed by atoms with Crippen LogP contribution in [-0.2, 0) is 4.74 Å². The lowest BCUT2D eigenvalue weighted by atomic mass is 10.3. The number of carboxylic acid groups (broad SMARTS) is 1. The SMILES string of the molecule is CC(C)OCC(=O)c1ccc(C(=O)O)o1. The molecule has 0 saturated carbocycles. The molecule has 5 heteroatoms. The van der Waals surface area contributed by atoms with Crippen LogP contribution in [0, 0.1) is 0 Å². The summed E-state index contributed by atoms with van der Waals surface area (Å²) in [5.74, 6) is -1.80. The smallest absolute Gasteiger partial charge is 0.371 e. The summed E-state index contributed by atoms with van der Waals surface area (Å²) in [5.41, 5.74) is 0.